The van der Waals surface area contributed by atoms with E-state index in [1.807, 2.05) is 24.3 Å². The van der Waals surface area contributed by atoms with Crippen molar-refractivity contribution in [2.24, 2.45) is 17.3 Å². The molecule has 2 aromatic rings. The fraction of sp³-hybridized carbons (Fsp3) is 0.469. The van der Waals surface area contributed by atoms with E-state index in [0.29, 0.717) is 25.7 Å². The van der Waals surface area contributed by atoms with Crippen molar-refractivity contribution in [2.45, 2.75) is 75.5 Å². The molecule has 0 saturated heterocycles. The molecule has 4 aliphatic carbocycles. The third-order valence-electron chi connectivity index (χ3n) is 10.3. The van der Waals surface area contributed by atoms with Crippen molar-refractivity contribution in [3.8, 4) is 11.1 Å². The van der Waals surface area contributed by atoms with Crippen LogP contribution in [0.25, 0.3) is 11.1 Å². The van der Waals surface area contributed by atoms with Gasteiger partial charge in [0.05, 0.1) is 0 Å². The molecule has 2 saturated carbocycles. The lowest BCUT2D eigenvalue weighted by molar-refractivity contribution is -0.362. The highest BCUT2D eigenvalue weighted by atomic mass is 19.4. The summed E-state index contributed by atoms with van der Waals surface area (Å²) in [4.78, 5) is 12.2. The molecule has 6 rings (SSSR count). The Morgan fingerprint density at radius 1 is 0.875 bits per heavy atom. The van der Waals surface area contributed by atoms with Gasteiger partial charge in [0.1, 0.15) is 11.4 Å². The third kappa shape index (κ3) is 3.85. The molecule has 212 valence electrons. The van der Waals surface area contributed by atoms with Gasteiger partial charge in [-0.25, -0.2) is 4.39 Å². The lowest BCUT2D eigenvalue weighted by atomic mass is 9.50. The van der Waals surface area contributed by atoms with Crippen LogP contribution in [-0.2, 0) is 4.79 Å². The van der Waals surface area contributed by atoms with Crippen molar-refractivity contribution in [3.63, 3.8) is 0 Å². The highest BCUT2D eigenvalue weighted by molar-refractivity contribution is 5.93. The molecule has 2 nitrogen and oxygen atoms in total. The first-order valence-electron chi connectivity index (χ1n) is 13.8. The van der Waals surface area contributed by atoms with Crippen molar-refractivity contribution in [2.75, 3.05) is 0 Å². The molecule has 40 heavy (non-hydrogen) atoms. The number of aliphatic hydroxyl groups is 1. The second kappa shape index (κ2) is 9.07. The van der Waals surface area contributed by atoms with Crippen molar-refractivity contribution in [1.29, 1.82) is 0 Å². The van der Waals surface area contributed by atoms with E-state index in [0.717, 1.165) is 33.4 Å². The molecular formula is C32H30F6O2. The van der Waals surface area contributed by atoms with Gasteiger partial charge in [-0.05, 0) is 96.4 Å². The number of carbonyl (C=O) groups is 1. The fourth-order valence-electron chi connectivity index (χ4n) is 8.26. The standard InChI is InChI=1S/C32H30F6O2/c1-29-17-26(20-4-2-18(3-5-20)19-6-9-22(33)10-7-19)28-24-13-11-23(39)16-21(24)8-12-25(28)27(29)14-15-30(29,40)31(34,35)32(36,37)38/h2-7,9-10,16,25-27,40H,8,11-15,17H2,1H3/t25-,26?,27-,29-,30?/m0/s1. The molecule has 0 radical (unpaired) electrons. The zero-order valence-corrected chi connectivity index (χ0v) is 22.0. The summed E-state index contributed by atoms with van der Waals surface area (Å²) < 4.78 is 84.8. The van der Waals surface area contributed by atoms with Gasteiger partial charge in [-0.2, -0.15) is 22.0 Å². The van der Waals surface area contributed by atoms with Crippen LogP contribution < -0.4 is 0 Å². The Hall–Kier alpha value is -2.87. The number of alkyl halides is 5. The number of carbonyl (C=O) groups excluding carboxylic acids is 1. The summed E-state index contributed by atoms with van der Waals surface area (Å²) in [5, 5.41) is 11.4. The van der Waals surface area contributed by atoms with E-state index < -0.39 is 41.4 Å². The second-order valence-corrected chi connectivity index (χ2v) is 12.1. The maximum absolute atomic E-state index is 15.1. The van der Waals surface area contributed by atoms with E-state index in [1.54, 1.807) is 18.2 Å². The molecule has 8 heteroatoms. The van der Waals surface area contributed by atoms with Crippen LogP contribution in [0.1, 0.15) is 63.4 Å². The molecule has 2 aromatic carbocycles. The number of halogens is 6. The molecule has 0 aliphatic heterocycles. The molecule has 0 aromatic heterocycles. The minimum Gasteiger partial charge on any atom is -0.383 e. The van der Waals surface area contributed by atoms with Crippen LogP contribution in [0.5, 0.6) is 0 Å². The number of rotatable bonds is 3. The predicted octanol–water partition coefficient (Wildman–Crippen LogP) is 8.32. The summed E-state index contributed by atoms with van der Waals surface area (Å²) in [7, 11) is 0. The molecule has 0 heterocycles. The van der Waals surface area contributed by atoms with Gasteiger partial charge in [-0.1, -0.05) is 48.9 Å². The van der Waals surface area contributed by atoms with Crippen LogP contribution in [0.3, 0.4) is 0 Å². The smallest absolute Gasteiger partial charge is 0.383 e. The van der Waals surface area contributed by atoms with E-state index in [9.17, 15) is 27.5 Å². The second-order valence-electron chi connectivity index (χ2n) is 12.1. The van der Waals surface area contributed by atoms with E-state index >= 15 is 8.78 Å². The highest BCUT2D eigenvalue weighted by Gasteiger charge is 2.79. The maximum Gasteiger partial charge on any atom is 0.456 e. The Labute approximate surface area is 228 Å². The number of benzene rings is 2. The minimum atomic E-state index is -5.88. The monoisotopic (exact) mass is 560 g/mol. The molecule has 4 aliphatic rings. The quantitative estimate of drug-likeness (QED) is 0.384. The average molecular weight is 561 g/mol. The normalized spacial score (nSPS) is 32.4. The fourth-order valence-corrected chi connectivity index (χ4v) is 8.26. The van der Waals surface area contributed by atoms with E-state index in [2.05, 4.69) is 0 Å². The van der Waals surface area contributed by atoms with Crippen molar-refractivity contribution >= 4 is 5.78 Å². The molecule has 1 N–H and O–H groups in total. The van der Waals surface area contributed by atoms with Crippen LogP contribution in [0.2, 0.25) is 0 Å². The topological polar surface area (TPSA) is 37.3 Å². The van der Waals surface area contributed by atoms with Gasteiger partial charge in [0.2, 0.25) is 0 Å². The minimum absolute atomic E-state index is 0.0405. The van der Waals surface area contributed by atoms with Gasteiger partial charge in [-0.15, -0.1) is 0 Å². The lowest BCUT2D eigenvalue weighted by Crippen LogP contribution is -2.65. The lowest BCUT2D eigenvalue weighted by Gasteiger charge is -2.56. The van der Waals surface area contributed by atoms with Crippen molar-refractivity contribution < 1.29 is 36.2 Å². The molecule has 0 amide bonds. The summed E-state index contributed by atoms with van der Waals surface area (Å²) in [5.41, 5.74) is 0.439. The Morgan fingerprint density at radius 3 is 2.12 bits per heavy atom. The van der Waals surface area contributed by atoms with Crippen LogP contribution >= 0.6 is 0 Å². The molecule has 5 atom stereocenters. The largest absolute Gasteiger partial charge is 0.456 e. The summed E-state index contributed by atoms with van der Waals surface area (Å²) in [6.07, 6.45) is -2.87. The highest BCUT2D eigenvalue weighted by Crippen LogP contribution is 2.70. The van der Waals surface area contributed by atoms with Crippen LogP contribution in [0, 0.1) is 23.1 Å². The van der Waals surface area contributed by atoms with Gasteiger partial charge >= 0.3 is 12.1 Å². The summed E-state index contributed by atoms with van der Waals surface area (Å²) in [5.74, 6) is -6.88. The number of allylic oxidation sites excluding steroid dienone is 4. The summed E-state index contributed by atoms with van der Waals surface area (Å²) in [6.45, 7) is 1.42. The van der Waals surface area contributed by atoms with Crippen LogP contribution in [-0.4, -0.2) is 28.6 Å². The van der Waals surface area contributed by atoms with Crippen molar-refractivity contribution in [1.82, 2.24) is 0 Å². The number of fused-ring (bicyclic) bond motifs is 4. The molecule has 0 spiro atoms. The van der Waals surface area contributed by atoms with Crippen LogP contribution in [0.15, 0.2) is 71.3 Å². The Morgan fingerprint density at radius 2 is 1.50 bits per heavy atom. The van der Waals surface area contributed by atoms with Gasteiger partial charge in [0.15, 0.2) is 5.78 Å². The Kier molecular flexibility index (Phi) is 6.19. The van der Waals surface area contributed by atoms with Crippen LogP contribution in [0.4, 0.5) is 26.3 Å². The first-order valence-corrected chi connectivity index (χ1v) is 13.8. The van der Waals surface area contributed by atoms with Crippen molar-refractivity contribution in [3.05, 3.63) is 82.7 Å². The SMILES string of the molecule is C[C@]12CC(c3ccc(-c4ccc(F)cc4)cc3)C3=C4CCC(=O)C=C4CC[C@H]3[C@@H]1CCC2(O)C(F)(F)C(F)(F)F. The van der Waals surface area contributed by atoms with Gasteiger partial charge < -0.3 is 5.11 Å². The number of ketones is 1. The molecule has 2 unspecified atom stereocenters. The zero-order valence-electron chi connectivity index (χ0n) is 22.0. The zero-order chi connectivity index (χ0) is 28.7. The van der Waals surface area contributed by atoms with Gasteiger partial charge in [0, 0.05) is 17.8 Å². The molecular weight excluding hydrogens is 530 g/mol. The van der Waals surface area contributed by atoms with E-state index in [-0.39, 0.29) is 30.4 Å². The first-order chi connectivity index (χ1) is 18.8. The first kappa shape index (κ1) is 27.3. The van der Waals surface area contributed by atoms with Gasteiger partial charge in [0.25, 0.3) is 0 Å². The average Bonchev–Trinajstić information content (AvgIpc) is 3.19. The maximum atomic E-state index is 15.1. The molecule has 0 bridgehead atoms. The third-order valence-corrected chi connectivity index (χ3v) is 10.3. The Balaban J connectivity index is 1.48. The van der Waals surface area contributed by atoms with E-state index in [1.165, 1.54) is 19.1 Å². The summed E-state index contributed by atoms with van der Waals surface area (Å²) in [6, 6.07) is 13.4. The molecule has 2 fully saturated rings. The summed E-state index contributed by atoms with van der Waals surface area (Å²) >= 11 is 0. The number of hydrogen-bond acceptors (Lipinski definition) is 2. The van der Waals surface area contributed by atoms with Gasteiger partial charge in [-0.3, -0.25) is 4.79 Å². The Bertz CT molecular complexity index is 1400. The van der Waals surface area contributed by atoms with E-state index in [4.69, 9.17) is 0 Å². The number of hydrogen-bond donors (Lipinski definition) is 1. The predicted molar refractivity (Wildman–Crippen MR) is 138 cm³/mol.